The Morgan fingerprint density at radius 3 is 2.18 bits per heavy atom. The molecule has 0 unspecified atom stereocenters. The van der Waals surface area contributed by atoms with Crippen LogP contribution >= 0.6 is 0 Å². The number of rotatable bonds is 3. The summed E-state index contributed by atoms with van der Waals surface area (Å²) in [7, 11) is -0.604. The van der Waals surface area contributed by atoms with Gasteiger partial charge < -0.3 is 14.0 Å². The summed E-state index contributed by atoms with van der Waals surface area (Å²) in [6, 6.07) is 1.67. The van der Waals surface area contributed by atoms with Crippen LogP contribution in [0.3, 0.4) is 0 Å². The van der Waals surface area contributed by atoms with E-state index in [1.165, 1.54) is 6.20 Å². The first-order chi connectivity index (χ1) is 9.91. The van der Waals surface area contributed by atoms with E-state index < -0.39 is 31.1 Å². The summed E-state index contributed by atoms with van der Waals surface area (Å²) in [6.07, 6.45) is -2.97. The lowest BCUT2D eigenvalue weighted by Gasteiger charge is -2.32. The molecule has 0 aromatic carbocycles. The van der Waals surface area contributed by atoms with Crippen molar-refractivity contribution in [2.75, 3.05) is 6.61 Å². The monoisotopic (exact) mass is 317 g/mol. The second-order valence-corrected chi connectivity index (χ2v) is 6.38. The molecule has 1 aromatic heterocycles. The molecule has 1 aromatic rings. The zero-order valence-corrected chi connectivity index (χ0v) is 13.2. The lowest BCUT2D eigenvalue weighted by molar-refractivity contribution is -0.154. The smallest absolute Gasteiger partial charge is 0.468 e. The third-order valence-electron chi connectivity index (χ3n) is 3.95. The van der Waals surface area contributed by atoms with Gasteiger partial charge in [-0.2, -0.15) is 13.2 Å². The highest BCUT2D eigenvalue weighted by molar-refractivity contribution is 6.62. The number of hydrogen-bond acceptors (Lipinski definition) is 4. The summed E-state index contributed by atoms with van der Waals surface area (Å²) >= 11 is 0. The summed E-state index contributed by atoms with van der Waals surface area (Å²) in [6.45, 7) is 7.97. The van der Waals surface area contributed by atoms with Crippen molar-refractivity contribution < 1.29 is 27.2 Å². The fourth-order valence-electron chi connectivity index (χ4n) is 1.99. The van der Waals surface area contributed by atoms with Crippen LogP contribution in [-0.4, -0.2) is 36.1 Å². The SMILES string of the molecule is Cc1cc(B2OC(C)(C)C(C)(C)O2)cnc1OCC(F)(F)F. The predicted molar refractivity (Wildman–Crippen MR) is 76.2 cm³/mol. The van der Waals surface area contributed by atoms with Gasteiger partial charge >= 0.3 is 13.3 Å². The number of halogens is 3. The molecular weight excluding hydrogens is 298 g/mol. The molecule has 22 heavy (non-hydrogen) atoms. The van der Waals surface area contributed by atoms with Crippen molar-refractivity contribution in [1.82, 2.24) is 4.98 Å². The number of pyridine rings is 1. The van der Waals surface area contributed by atoms with Crippen molar-refractivity contribution in [3.63, 3.8) is 0 Å². The molecule has 1 saturated heterocycles. The van der Waals surface area contributed by atoms with Gasteiger partial charge in [0.25, 0.3) is 0 Å². The molecule has 0 amide bonds. The quantitative estimate of drug-likeness (QED) is 0.804. The van der Waals surface area contributed by atoms with Crippen molar-refractivity contribution in [2.45, 2.75) is 52.0 Å². The molecular formula is C14H19BF3NO3. The van der Waals surface area contributed by atoms with Crippen molar-refractivity contribution in [3.05, 3.63) is 17.8 Å². The van der Waals surface area contributed by atoms with Crippen molar-refractivity contribution in [3.8, 4) is 5.88 Å². The summed E-state index contributed by atoms with van der Waals surface area (Å²) in [5.41, 5.74) is 0.167. The topological polar surface area (TPSA) is 40.6 Å². The summed E-state index contributed by atoms with van der Waals surface area (Å²) in [5.74, 6) is -0.0439. The van der Waals surface area contributed by atoms with Crippen LogP contribution in [0, 0.1) is 6.92 Å². The Morgan fingerprint density at radius 2 is 1.73 bits per heavy atom. The van der Waals surface area contributed by atoms with Gasteiger partial charge in [-0.05, 0) is 34.6 Å². The second-order valence-electron chi connectivity index (χ2n) is 6.38. The first-order valence-electron chi connectivity index (χ1n) is 6.93. The minimum atomic E-state index is -4.39. The molecule has 8 heteroatoms. The van der Waals surface area contributed by atoms with Gasteiger partial charge in [0.15, 0.2) is 6.61 Å². The molecule has 2 rings (SSSR count). The van der Waals surface area contributed by atoms with Crippen LogP contribution in [0.2, 0.25) is 0 Å². The summed E-state index contributed by atoms with van der Waals surface area (Å²) in [5, 5.41) is 0. The number of aryl methyl sites for hydroxylation is 1. The van der Waals surface area contributed by atoms with E-state index >= 15 is 0 Å². The maximum Gasteiger partial charge on any atom is 0.496 e. The van der Waals surface area contributed by atoms with Crippen molar-refractivity contribution in [2.24, 2.45) is 0 Å². The predicted octanol–water partition coefficient (Wildman–Crippen LogP) is 2.63. The number of alkyl halides is 3. The molecule has 0 spiro atoms. The van der Waals surface area contributed by atoms with E-state index in [4.69, 9.17) is 9.31 Å². The Labute approximate surface area is 128 Å². The van der Waals surface area contributed by atoms with Crippen LogP contribution < -0.4 is 10.2 Å². The van der Waals surface area contributed by atoms with E-state index in [2.05, 4.69) is 9.72 Å². The van der Waals surface area contributed by atoms with Gasteiger partial charge in [-0.25, -0.2) is 4.98 Å². The molecule has 1 fully saturated rings. The summed E-state index contributed by atoms with van der Waals surface area (Å²) in [4.78, 5) is 3.94. The maximum atomic E-state index is 12.2. The highest BCUT2D eigenvalue weighted by Gasteiger charge is 2.51. The van der Waals surface area contributed by atoms with E-state index in [1.807, 2.05) is 27.7 Å². The van der Waals surface area contributed by atoms with Crippen LogP contribution in [0.25, 0.3) is 0 Å². The van der Waals surface area contributed by atoms with Gasteiger partial charge in [0.2, 0.25) is 5.88 Å². The Hall–Kier alpha value is -1.28. The third-order valence-corrected chi connectivity index (χ3v) is 3.95. The minimum Gasteiger partial charge on any atom is -0.468 e. The van der Waals surface area contributed by atoms with Crippen molar-refractivity contribution >= 4 is 12.6 Å². The molecule has 4 nitrogen and oxygen atoms in total. The standard InChI is InChI=1S/C14H19BF3NO3/c1-9-6-10(7-19-11(9)20-8-14(16,17)18)15-21-12(2,3)13(4,5)22-15/h6-7H,8H2,1-5H3. The molecule has 1 aliphatic heterocycles. The molecule has 0 atom stereocenters. The van der Waals surface area contributed by atoms with Crippen LogP contribution in [0.15, 0.2) is 12.3 Å². The Balaban J connectivity index is 2.14. The summed E-state index contributed by atoms with van der Waals surface area (Å²) < 4.78 is 53.0. The van der Waals surface area contributed by atoms with Gasteiger partial charge in [0.05, 0.1) is 11.2 Å². The normalized spacial score (nSPS) is 20.3. The van der Waals surface area contributed by atoms with Gasteiger partial charge in [0, 0.05) is 17.2 Å². The first kappa shape index (κ1) is 17.1. The fourth-order valence-corrected chi connectivity index (χ4v) is 1.99. The Morgan fingerprint density at radius 1 is 1.18 bits per heavy atom. The molecule has 1 aliphatic rings. The highest BCUT2D eigenvalue weighted by atomic mass is 19.4. The fraction of sp³-hybridized carbons (Fsp3) is 0.643. The van der Waals surface area contributed by atoms with Crippen LogP contribution in [0.5, 0.6) is 5.88 Å². The second kappa shape index (κ2) is 5.42. The molecule has 0 aliphatic carbocycles. The van der Waals surface area contributed by atoms with E-state index in [0.29, 0.717) is 11.0 Å². The average molecular weight is 317 g/mol. The third kappa shape index (κ3) is 3.55. The molecule has 0 radical (unpaired) electrons. The zero-order chi connectivity index (χ0) is 16.8. The lowest BCUT2D eigenvalue weighted by atomic mass is 9.80. The first-order valence-corrected chi connectivity index (χ1v) is 6.93. The molecule has 122 valence electrons. The number of aromatic nitrogens is 1. The van der Waals surface area contributed by atoms with E-state index in [1.54, 1.807) is 13.0 Å². The van der Waals surface area contributed by atoms with Gasteiger partial charge in [-0.15, -0.1) is 0 Å². The maximum absolute atomic E-state index is 12.2. The Kier molecular flexibility index (Phi) is 4.21. The molecule has 0 saturated carbocycles. The molecule has 0 bridgehead atoms. The molecule has 2 heterocycles. The van der Waals surface area contributed by atoms with Crippen LogP contribution in [-0.2, 0) is 9.31 Å². The highest BCUT2D eigenvalue weighted by Crippen LogP contribution is 2.36. The largest absolute Gasteiger partial charge is 0.496 e. The average Bonchev–Trinajstić information content (AvgIpc) is 2.56. The van der Waals surface area contributed by atoms with E-state index in [0.717, 1.165) is 0 Å². The van der Waals surface area contributed by atoms with Crippen molar-refractivity contribution in [1.29, 1.82) is 0 Å². The number of nitrogens with zero attached hydrogens (tertiary/aromatic N) is 1. The van der Waals surface area contributed by atoms with E-state index in [-0.39, 0.29) is 5.88 Å². The number of hydrogen-bond donors (Lipinski definition) is 0. The minimum absolute atomic E-state index is 0.0439. The van der Waals surface area contributed by atoms with Gasteiger partial charge in [0.1, 0.15) is 0 Å². The van der Waals surface area contributed by atoms with Gasteiger partial charge in [-0.1, -0.05) is 6.07 Å². The number of ether oxygens (including phenoxy) is 1. The zero-order valence-electron chi connectivity index (χ0n) is 13.2. The lowest BCUT2D eigenvalue weighted by Crippen LogP contribution is -2.41. The van der Waals surface area contributed by atoms with E-state index in [9.17, 15) is 13.2 Å². The van der Waals surface area contributed by atoms with Gasteiger partial charge in [-0.3, -0.25) is 0 Å². The molecule has 0 N–H and O–H groups in total. The van der Waals surface area contributed by atoms with Crippen LogP contribution in [0.4, 0.5) is 13.2 Å². The Bertz CT molecular complexity index is 545. The van der Waals surface area contributed by atoms with Crippen LogP contribution in [0.1, 0.15) is 33.3 Å².